The molecule has 0 atom stereocenters. The van der Waals surface area contributed by atoms with Gasteiger partial charge < -0.3 is 14.2 Å². The number of ether oxygens (including phenoxy) is 3. The molecule has 0 saturated heterocycles. The lowest BCUT2D eigenvalue weighted by Crippen LogP contribution is -2.33. The van der Waals surface area contributed by atoms with Crippen molar-refractivity contribution in [2.24, 2.45) is 0 Å². The van der Waals surface area contributed by atoms with Crippen LogP contribution in [0.15, 0.2) is 97.1 Å². The number of ketones is 1. The van der Waals surface area contributed by atoms with Gasteiger partial charge in [0.2, 0.25) is 0 Å². The second-order valence-electron chi connectivity index (χ2n) is 9.56. The number of fused-ring (bicyclic) bond motifs is 1. The molecule has 5 heteroatoms. The molecule has 1 aliphatic heterocycles. The Bertz CT molecular complexity index is 1420. The van der Waals surface area contributed by atoms with Crippen LogP contribution >= 0.6 is 0 Å². The summed E-state index contributed by atoms with van der Waals surface area (Å²) in [6.45, 7) is 3.54. The third-order valence-electron chi connectivity index (χ3n) is 7.07. The smallest absolute Gasteiger partial charge is 0.193 e. The van der Waals surface area contributed by atoms with Crippen molar-refractivity contribution in [1.82, 2.24) is 4.90 Å². The molecule has 0 unspecified atom stereocenters. The van der Waals surface area contributed by atoms with Crippen molar-refractivity contribution in [2.45, 2.75) is 13.0 Å². The number of rotatable bonds is 10. The first-order valence-electron chi connectivity index (χ1n) is 13.2. The molecule has 0 fully saturated rings. The number of hydrogen-bond acceptors (Lipinski definition) is 5. The largest absolute Gasteiger partial charge is 0.497 e. The number of Topliss-reactive ketones (excluding diaryl/α,β-unsaturated/α-hetero) is 1. The highest BCUT2D eigenvalue weighted by atomic mass is 16.5. The van der Waals surface area contributed by atoms with E-state index < -0.39 is 0 Å². The minimum atomic E-state index is -0.0637. The van der Waals surface area contributed by atoms with Gasteiger partial charge in [0.15, 0.2) is 5.78 Å². The Labute approximate surface area is 230 Å². The quantitative estimate of drug-likeness (QED) is 0.135. The van der Waals surface area contributed by atoms with Crippen LogP contribution in [-0.4, -0.2) is 44.6 Å². The van der Waals surface area contributed by atoms with Crippen molar-refractivity contribution in [3.63, 3.8) is 0 Å². The van der Waals surface area contributed by atoms with Crippen molar-refractivity contribution >= 4 is 17.4 Å². The number of nitrogens with zero attached hydrogens (tertiary/aromatic N) is 1. The van der Waals surface area contributed by atoms with E-state index in [4.69, 9.17) is 14.2 Å². The van der Waals surface area contributed by atoms with Crippen molar-refractivity contribution in [2.75, 3.05) is 33.9 Å². The zero-order chi connectivity index (χ0) is 27.0. The second kappa shape index (κ2) is 12.5. The molecule has 1 aliphatic rings. The summed E-state index contributed by atoms with van der Waals surface area (Å²) in [6, 6.07) is 31.3. The highest BCUT2D eigenvalue weighted by Crippen LogP contribution is 2.27. The van der Waals surface area contributed by atoms with Crippen LogP contribution in [0, 0.1) is 0 Å². The third kappa shape index (κ3) is 6.57. The molecule has 0 aliphatic carbocycles. The van der Waals surface area contributed by atoms with E-state index in [1.807, 2.05) is 54.6 Å². The molecule has 0 spiro atoms. The monoisotopic (exact) mass is 519 g/mol. The predicted molar refractivity (Wildman–Crippen MR) is 156 cm³/mol. The van der Waals surface area contributed by atoms with Gasteiger partial charge in [-0.1, -0.05) is 48.5 Å². The summed E-state index contributed by atoms with van der Waals surface area (Å²) in [5.41, 5.74) is 5.80. The first-order valence-corrected chi connectivity index (χ1v) is 13.2. The molecular weight excluding hydrogens is 486 g/mol. The Kier molecular flexibility index (Phi) is 8.39. The minimum absolute atomic E-state index is 0.0637. The molecule has 4 aromatic carbocycles. The van der Waals surface area contributed by atoms with Gasteiger partial charge >= 0.3 is 0 Å². The fraction of sp³-hybridized carbons (Fsp3) is 0.206. The number of carbonyl (C=O) groups excluding carboxylic acids is 1. The molecule has 5 nitrogen and oxygen atoms in total. The molecule has 5 rings (SSSR count). The third-order valence-corrected chi connectivity index (χ3v) is 7.07. The lowest BCUT2D eigenvalue weighted by Gasteiger charge is -2.28. The normalized spacial score (nSPS) is 13.4. The Morgan fingerprint density at radius 1 is 0.744 bits per heavy atom. The van der Waals surface area contributed by atoms with Crippen LogP contribution in [0.3, 0.4) is 0 Å². The van der Waals surface area contributed by atoms with E-state index in [2.05, 4.69) is 29.2 Å². The summed E-state index contributed by atoms with van der Waals surface area (Å²) >= 11 is 0. The molecule has 0 N–H and O–H groups in total. The van der Waals surface area contributed by atoms with Crippen LogP contribution in [0.1, 0.15) is 32.6 Å². The highest BCUT2D eigenvalue weighted by molar-refractivity contribution is 6.32. The van der Waals surface area contributed by atoms with Gasteiger partial charge in [-0.2, -0.15) is 0 Å². The number of carbonyl (C=O) groups is 1. The van der Waals surface area contributed by atoms with Crippen molar-refractivity contribution in [3.05, 3.63) is 125 Å². The van der Waals surface area contributed by atoms with Crippen molar-refractivity contribution < 1.29 is 19.0 Å². The fourth-order valence-electron chi connectivity index (χ4n) is 4.81. The first-order chi connectivity index (χ1) is 19.1. The fourth-order valence-corrected chi connectivity index (χ4v) is 4.81. The summed E-state index contributed by atoms with van der Waals surface area (Å²) in [5, 5.41) is 0. The lowest BCUT2D eigenvalue weighted by atomic mass is 9.94. The number of hydrogen-bond donors (Lipinski definition) is 0. The van der Waals surface area contributed by atoms with Crippen LogP contribution in [0.5, 0.6) is 17.2 Å². The average molecular weight is 520 g/mol. The second-order valence-corrected chi connectivity index (χ2v) is 9.56. The van der Waals surface area contributed by atoms with Crippen LogP contribution in [0.25, 0.3) is 11.6 Å². The Morgan fingerprint density at radius 2 is 1.33 bits per heavy atom. The SMILES string of the molecule is COc1ccc(C(=O)C(=Cc2ccc(OCCN3CCc4ccccc4C3)cc2)c2ccc(OC)cc2)cc1. The molecule has 0 radical (unpaired) electrons. The number of allylic oxidation sites excluding steroid dienone is 1. The van der Waals surface area contributed by atoms with Gasteiger partial charge in [-0.15, -0.1) is 0 Å². The van der Waals surface area contributed by atoms with E-state index in [1.165, 1.54) is 11.1 Å². The maximum atomic E-state index is 13.6. The van der Waals surface area contributed by atoms with Gasteiger partial charge in [-0.3, -0.25) is 9.69 Å². The summed E-state index contributed by atoms with van der Waals surface area (Å²) in [6.07, 6.45) is 3.01. The minimum Gasteiger partial charge on any atom is -0.497 e. The van der Waals surface area contributed by atoms with Gasteiger partial charge in [-0.25, -0.2) is 0 Å². The maximum Gasteiger partial charge on any atom is 0.193 e. The predicted octanol–water partition coefficient (Wildman–Crippen LogP) is 6.56. The standard InChI is InChI=1S/C34H33NO4/c1-37-30-15-9-27(10-16-30)33(34(36)28-11-17-31(38-2)18-12-28)23-25-7-13-32(14-8-25)39-22-21-35-20-19-26-5-3-4-6-29(26)24-35/h3-18,23H,19-22,24H2,1-2H3. The Morgan fingerprint density at radius 3 is 1.97 bits per heavy atom. The van der Waals surface area contributed by atoms with Crippen molar-refractivity contribution in [3.8, 4) is 17.2 Å². The van der Waals surface area contributed by atoms with Crippen LogP contribution < -0.4 is 14.2 Å². The molecule has 0 bridgehead atoms. The molecule has 0 aromatic heterocycles. The van der Waals surface area contributed by atoms with Crippen LogP contribution in [-0.2, 0) is 13.0 Å². The topological polar surface area (TPSA) is 48.0 Å². The average Bonchev–Trinajstić information content (AvgIpc) is 3.00. The van der Waals surface area contributed by atoms with Gasteiger partial charge in [0.05, 0.1) is 14.2 Å². The molecule has 198 valence electrons. The van der Waals surface area contributed by atoms with Crippen LogP contribution in [0.4, 0.5) is 0 Å². The molecule has 0 amide bonds. The first kappa shape index (κ1) is 26.3. The summed E-state index contributed by atoms with van der Waals surface area (Å²) < 4.78 is 16.6. The van der Waals surface area contributed by atoms with Gasteiger partial charge in [0.25, 0.3) is 0 Å². The van der Waals surface area contributed by atoms with E-state index in [9.17, 15) is 4.79 Å². The molecule has 4 aromatic rings. The zero-order valence-corrected chi connectivity index (χ0v) is 22.4. The maximum absolute atomic E-state index is 13.6. The van der Waals surface area contributed by atoms with Crippen LogP contribution in [0.2, 0.25) is 0 Å². The van der Waals surface area contributed by atoms with E-state index in [0.717, 1.165) is 48.7 Å². The van der Waals surface area contributed by atoms with Gasteiger partial charge in [0.1, 0.15) is 23.9 Å². The summed E-state index contributed by atoms with van der Waals surface area (Å²) in [7, 11) is 3.24. The zero-order valence-electron chi connectivity index (χ0n) is 22.4. The van der Waals surface area contributed by atoms with Gasteiger partial charge in [-0.05, 0) is 83.3 Å². The summed E-state index contributed by atoms with van der Waals surface area (Å²) in [5.74, 6) is 2.20. The lowest BCUT2D eigenvalue weighted by molar-refractivity contribution is 0.105. The molecular formula is C34H33NO4. The van der Waals surface area contributed by atoms with Gasteiger partial charge in [0, 0.05) is 30.8 Å². The Balaban J connectivity index is 1.28. The number of methoxy groups -OCH3 is 2. The molecule has 0 saturated carbocycles. The van der Waals surface area contributed by atoms with E-state index in [1.54, 1.807) is 38.5 Å². The Hall–Kier alpha value is -4.35. The van der Waals surface area contributed by atoms with E-state index in [0.29, 0.717) is 23.5 Å². The molecule has 39 heavy (non-hydrogen) atoms. The highest BCUT2D eigenvalue weighted by Gasteiger charge is 2.17. The van der Waals surface area contributed by atoms with Crippen molar-refractivity contribution in [1.29, 1.82) is 0 Å². The summed E-state index contributed by atoms with van der Waals surface area (Å²) in [4.78, 5) is 16.0. The van der Waals surface area contributed by atoms with E-state index >= 15 is 0 Å². The van der Waals surface area contributed by atoms with E-state index in [-0.39, 0.29) is 5.78 Å². The molecule has 1 heterocycles. The number of benzene rings is 4.